The number of hydrogen-bond acceptors (Lipinski definition) is 4. The molecule has 2 amide bonds. The van der Waals surface area contributed by atoms with Crippen LogP contribution in [-0.2, 0) is 9.53 Å². The van der Waals surface area contributed by atoms with Crippen LogP contribution in [-0.4, -0.2) is 36.2 Å². The Labute approximate surface area is 119 Å². The Kier molecular flexibility index (Phi) is 5.79. The molecule has 0 aromatic heterocycles. The summed E-state index contributed by atoms with van der Waals surface area (Å²) in [6, 6.07) is 3.33. The molecule has 0 aliphatic heterocycles. The fourth-order valence-corrected chi connectivity index (χ4v) is 1.57. The minimum Gasteiger partial charge on any atom is -0.478 e. The van der Waals surface area contributed by atoms with Gasteiger partial charge >= 0.3 is 18.0 Å². The Morgan fingerprint density at radius 1 is 1.35 bits per heavy atom. The maximum absolute atomic E-state index is 11.5. The van der Waals surface area contributed by atoms with Gasteiger partial charge in [0.15, 0.2) is 0 Å². The van der Waals surface area contributed by atoms with Crippen LogP contribution in [0.3, 0.4) is 0 Å². The SMILES string of the molecule is CCOC(=O)CNC(=O)Nc1ccc(C(=O)O)c(Cl)c1. The van der Waals surface area contributed by atoms with E-state index in [4.69, 9.17) is 16.7 Å². The third-order valence-electron chi connectivity index (χ3n) is 2.16. The topological polar surface area (TPSA) is 105 Å². The second-order valence-corrected chi connectivity index (χ2v) is 4.02. The van der Waals surface area contributed by atoms with Crippen LogP contribution in [0.15, 0.2) is 18.2 Å². The van der Waals surface area contributed by atoms with Crippen molar-refractivity contribution >= 4 is 35.3 Å². The summed E-state index contributed by atoms with van der Waals surface area (Å²) in [4.78, 5) is 33.2. The predicted molar refractivity (Wildman–Crippen MR) is 72.1 cm³/mol. The number of hydrogen-bond donors (Lipinski definition) is 3. The lowest BCUT2D eigenvalue weighted by molar-refractivity contribution is -0.141. The first kappa shape index (κ1) is 15.8. The largest absolute Gasteiger partial charge is 0.478 e. The number of carboxylic acid groups (broad SMARTS) is 1. The zero-order chi connectivity index (χ0) is 15.1. The van der Waals surface area contributed by atoms with Crippen LogP contribution in [0.4, 0.5) is 10.5 Å². The van der Waals surface area contributed by atoms with Crippen LogP contribution in [0.2, 0.25) is 5.02 Å². The van der Waals surface area contributed by atoms with Gasteiger partial charge in [-0.05, 0) is 25.1 Å². The molecule has 0 saturated carbocycles. The third-order valence-corrected chi connectivity index (χ3v) is 2.47. The highest BCUT2D eigenvalue weighted by Crippen LogP contribution is 2.20. The molecule has 7 nitrogen and oxygen atoms in total. The number of halogens is 1. The average Bonchev–Trinajstić information content (AvgIpc) is 2.36. The molecule has 1 rings (SSSR count). The van der Waals surface area contributed by atoms with Crippen molar-refractivity contribution in [2.45, 2.75) is 6.92 Å². The van der Waals surface area contributed by atoms with Crippen molar-refractivity contribution in [2.24, 2.45) is 0 Å². The van der Waals surface area contributed by atoms with Crippen molar-refractivity contribution in [3.05, 3.63) is 28.8 Å². The van der Waals surface area contributed by atoms with Gasteiger partial charge in [0, 0.05) is 5.69 Å². The van der Waals surface area contributed by atoms with E-state index in [-0.39, 0.29) is 23.7 Å². The number of amides is 2. The summed E-state index contributed by atoms with van der Waals surface area (Å²) < 4.78 is 4.64. The smallest absolute Gasteiger partial charge is 0.337 e. The highest BCUT2D eigenvalue weighted by atomic mass is 35.5. The van der Waals surface area contributed by atoms with Crippen molar-refractivity contribution in [1.29, 1.82) is 0 Å². The molecule has 108 valence electrons. The molecule has 0 spiro atoms. The maximum Gasteiger partial charge on any atom is 0.337 e. The second kappa shape index (κ2) is 7.34. The summed E-state index contributed by atoms with van der Waals surface area (Å²) >= 11 is 5.75. The fourth-order valence-electron chi connectivity index (χ4n) is 1.31. The standard InChI is InChI=1S/C12H13ClN2O5/c1-2-20-10(16)6-14-12(19)15-7-3-4-8(11(17)18)9(13)5-7/h3-5H,2,6H2,1H3,(H,17,18)(H2,14,15,19). The number of anilines is 1. The van der Waals surface area contributed by atoms with Gasteiger partial charge in [0.05, 0.1) is 17.2 Å². The van der Waals surface area contributed by atoms with Crippen molar-refractivity contribution in [2.75, 3.05) is 18.5 Å². The summed E-state index contributed by atoms with van der Waals surface area (Å²) in [5, 5.41) is 13.5. The molecule has 0 heterocycles. The van der Waals surface area contributed by atoms with E-state index in [1.807, 2.05) is 0 Å². The van der Waals surface area contributed by atoms with Gasteiger partial charge in [-0.1, -0.05) is 11.6 Å². The van der Waals surface area contributed by atoms with Crippen molar-refractivity contribution in [3.63, 3.8) is 0 Å². The van der Waals surface area contributed by atoms with E-state index >= 15 is 0 Å². The van der Waals surface area contributed by atoms with E-state index in [2.05, 4.69) is 15.4 Å². The third kappa shape index (κ3) is 4.77. The van der Waals surface area contributed by atoms with Gasteiger partial charge in [-0.15, -0.1) is 0 Å². The fraction of sp³-hybridized carbons (Fsp3) is 0.250. The number of rotatable bonds is 5. The number of urea groups is 1. The van der Waals surface area contributed by atoms with Gasteiger partial charge < -0.3 is 20.5 Å². The lowest BCUT2D eigenvalue weighted by Gasteiger charge is -2.08. The first-order valence-corrected chi connectivity index (χ1v) is 6.05. The predicted octanol–water partition coefficient (Wildman–Crippen LogP) is 1.72. The molecule has 0 atom stereocenters. The van der Waals surface area contributed by atoms with Crippen LogP contribution < -0.4 is 10.6 Å². The van der Waals surface area contributed by atoms with Crippen LogP contribution in [0.25, 0.3) is 0 Å². The Hall–Kier alpha value is -2.28. The van der Waals surface area contributed by atoms with E-state index in [0.717, 1.165) is 0 Å². The highest BCUT2D eigenvalue weighted by Gasteiger charge is 2.10. The van der Waals surface area contributed by atoms with Crippen LogP contribution in [0.1, 0.15) is 17.3 Å². The Balaban J connectivity index is 2.56. The van der Waals surface area contributed by atoms with Gasteiger partial charge in [0.25, 0.3) is 0 Å². The molecular weight excluding hydrogens is 288 g/mol. The molecule has 20 heavy (non-hydrogen) atoms. The Bertz CT molecular complexity index is 533. The lowest BCUT2D eigenvalue weighted by Crippen LogP contribution is -2.34. The summed E-state index contributed by atoms with van der Waals surface area (Å²) in [5.41, 5.74) is 0.241. The van der Waals surface area contributed by atoms with Crippen molar-refractivity contribution < 1.29 is 24.2 Å². The molecule has 0 saturated heterocycles. The molecule has 1 aromatic carbocycles. The molecule has 8 heteroatoms. The number of benzene rings is 1. The van der Waals surface area contributed by atoms with E-state index < -0.39 is 18.0 Å². The maximum atomic E-state index is 11.5. The second-order valence-electron chi connectivity index (χ2n) is 3.61. The zero-order valence-corrected chi connectivity index (χ0v) is 11.4. The van der Waals surface area contributed by atoms with Gasteiger partial charge in [-0.25, -0.2) is 9.59 Å². The van der Waals surface area contributed by atoms with Gasteiger partial charge in [-0.3, -0.25) is 4.79 Å². The highest BCUT2D eigenvalue weighted by molar-refractivity contribution is 6.33. The van der Waals surface area contributed by atoms with Gasteiger partial charge in [0.2, 0.25) is 0 Å². The average molecular weight is 301 g/mol. The van der Waals surface area contributed by atoms with Crippen molar-refractivity contribution in [1.82, 2.24) is 5.32 Å². The summed E-state index contributed by atoms with van der Waals surface area (Å²) in [7, 11) is 0. The van der Waals surface area contributed by atoms with E-state index in [1.165, 1.54) is 18.2 Å². The first-order chi connectivity index (χ1) is 9.43. The molecule has 1 aromatic rings. The normalized spacial score (nSPS) is 9.70. The number of carboxylic acids is 1. The van der Waals surface area contributed by atoms with Crippen LogP contribution >= 0.6 is 11.6 Å². The molecule has 0 unspecified atom stereocenters. The molecule has 0 fully saturated rings. The number of nitrogens with one attached hydrogen (secondary N) is 2. The first-order valence-electron chi connectivity index (χ1n) is 5.67. The van der Waals surface area contributed by atoms with Crippen LogP contribution in [0.5, 0.6) is 0 Å². The minimum absolute atomic E-state index is 0.000641. The Morgan fingerprint density at radius 2 is 2.05 bits per heavy atom. The van der Waals surface area contributed by atoms with Gasteiger partial charge in [-0.2, -0.15) is 0 Å². The number of carbonyl (C=O) groups is 3. The molecule has 0 radical (unpaired) electrons. The molecule has 0 bridgehead atoms. The molecule has 0 aliphatic rings. The zero-order valence-electron chi connectivity index (χ0n) is 10.6. The van der Waals surface area contributed by atoms with E-state index in [1.54, 1.807) is 6.92 Å². The number of ether oxygens (including phenoxy) is 1. The van der Waals surface area contributed by atoms with Gasteiger partial charge in [0.1, 0.15) is 6.54 Å². The monoisotopic (exact) mass is 300 g/mol. The summed E-state index contributed by atoms with van der Waals surface area (Å²) in [5.74, 6) is -1.71. The summed E-state index contributed by atoms with van der Waals surface area (Å²) in [6.45, 7) is 1.62. The molecule has 3 N–H and O–H groups in total. The quantitative estimate of drug-likeness (QED) is 0.718. The van der Waals surface area contributed by atoms with E-state index in [9.17, 15) is 14.4 Å². The minimum atomic E-state index is -1.16. The molecular formula is C12H13ClN2O5. The van der Waals surface area contributed by atoms with E-state index in [0.29, 0.717) is 5.69 Å². The van der Waals surface area contributed by atoms with Crippen LogP contribution in [0, 0.1) is 0 Å². The number of aromatic carboxylic acids is 1. The Morgan fingerprint density at radius 3 is 2.60 bits per heavy atom. The van der Waals surface area contributed by atoms with Crippen molar-refractivity contribution in [3.8, 4) is 0 Å². The molecule has 0 aliphatic carbocycles. The summed E-state index contributed by atoms with van der Waals surface area (Å²) in [6.07, 6.45) is 0. The number of esters is 1. The lowest BCUT2D eigenvalue weighted by atomic mass is 10.2. The number of carbonyl (C=O) groups excluding carboxylic acids is 2.